The van der Waals surface area contributed by atoms with Gasteiger partial charge in [0.15, 0.2) is 0 Å². The molecule has 1 aliphatic heterocycles. The second kappa shape index (κ2) is 5.66. The van der Waals surface area contributed by atoms with Gasteiger partial charge in [-0.25, -0.2) is 4.79 Å². The minimum Gasteiger partial charge on any atom is -0.394 e. The van der Waals surface area contributed by atoms with Gasteiger partial charge in [0, 0.05) is 11.8 Å². The lowest BCUT2D eigenvalue weighted by molar-refractivity contribution is -0.246. The van der Waals surface area contributed by atoms with Crippen molar-refractivity contribution in [3.8, 4) is 0 Å². The summed E-state index contributed by atoms with van der Waals surface area (Å²) < 4.78 is 18.2. The van der Waals surface area contributed by atoms with E-state index in [1.54, 1.807) is 0 Å². The van der Waals surface area contributed by atoms with Crippen molar-refractivity contribution in [2.24, 2.45) is 0 Å². The van der Waals surface area contributed by atoms with E-state index in [0.29, 0.717) is 0 Å². The second-order valence-electron chi connectivity index (χ2n) is 4.76. The number of aromatic amines is 2. The topological polar surface area (TPSA) is 156 Å². The Morgan fingerprint density at radius 1 is 1.43 bits per heavy atom. The molecule has 5 atom stereocenters. The van der Waals surface area contributed by atoms with E-state index in [2.05, 4.69) is 4.98 Å². The number of alkyl halides is 1. The fraction of sp³-hybridized carbons (Fsp3) is 0.636. The molecule has 9 nitrogen and oxygen atoms in total. The highest BCUT2D eigenvalue weighted by molar-refractivity contribution is 5.18. The number of H-pyrrole nitrogens is 2. The van der Waals surface area contributed by atoms with Gasteiger partial charge in [-0.05, 0) is 0 Å². The van der Waals surface area contributed by atoms with Crippen LogP contribution in [0.25, 0.3) is 0 Å². The third-order valence-electron chi connectivity index (χ3n) is 3.53. The van der Waals surface area contributed by atoms with Crippen LogP contribution in [0.5, 0.6) is 0 Å². The Balaban J connectivity index is 2.45. The zero-order valence-electron chi connectivity index (χ0n) is 10.7. The highest BCUT2D eigenvalue weighted by Crippen LogP contribution is 2.39. The first-order valence-electron chi connectivity index (χ1n) is 6.10. The number of aromatic nitrogens is 2. The number of aliphatic hydroxyl groups excluding tert-OH is 3. The monoisotopic (exact) mass is 306 g/mol. The summed E-state index contributed by atoms with van der Waals surface area (Å²) >= 11 is 0. The van der Waals surface area contributed by atoms with Crippen LogP contribution in [0.2, 0.25) is 0 Å². The first kappa shape index (κ1) is 15.8. The summed E-state index contributed by atoms with van der Waals surface area (Å²) in [7, 11) is 0. The SMILES string of the molecule is O=c1[nH]cc(C(CF)[C@]2(O)O[C@H](CO)[C@@H](O)[C@@H]2O)c(=O)[nH]1. The van der Waals surface area contributed by atoms with Crippen LogP contribution < -0.4 is 11.2 Å². The fourth-order valence-corrected chi connectivity index (χ4v) is 2.36. The molecule has 6 N–H and O–H groups in total. The molecule has 2 heterocycles. The number of hydrogen-bond acceptors (Lipinski definition) is 7. The van der Waals surface area contributed by atoms with Gasteiger partial charge in [0.25, 0.3) is 5.56 Å². The first-order chi connectivity index (χ1) is 9.85. The number of halogens is 1. The molecule has 1 aromatic rings. The van der Waals surface area contributed by atoms with E-state index >= 15 is 0 Å². The van der Waals surface area contributed by atoms with Gasteiger partial charge in [-0.2, -0.15) is 0 Å². The van der Waals surface area contributed by atoms with Crippen molar-refractivity contribution in [1.82, 2.24) is 9.97 Å². The summed E-state index contributed by atoms with van der Waals surface area (Å²) in [4.78, 5) is 26.6. The summed E-state index contributed by atoms with van der Waals surface area (Å²) in [6.45, 7) is -2.03. The van der Waals surface area contributed by atoms with Crippen molar-refractivity contribution < 1.29 is 29.6 Å². The summed E-state index contributed by atoms with van der Waals surface area (Å²) in [5.41, 5.74) is -2.16. The van der Waals surface area contributed by atoms with Gasteiger partial charge in [-0.3, -0.25) is 14.2 Å². The maximum Gasteiger partial charge on any atom is 0.325 e. The van der Waals surface area contributed by atoms with Crippen LogP contribution in [0.1, 0.15) is 11.5 Å². The third-order valence-corrected chi connectivity index (χ3v) is 3.53. The smallest absolute Gasteiger partial charge is 0.325 e. The predicted molar refractivity (Wildman–Crippen MR) is 65.3 cm³/mol. The number of ether oxygens (including phenoxy) is 1. The summed E-state index contributed by atoms with van der Waals surface area (Å²) in [5, 5.41) is 38.8. The van der Waals surface area contributed by atoms with Crippen LogP contribution in [0.15, 0.2) is 15.8 Å². The molecule has 10 heteroatoms. The molecule has 0 radical (unpaired) electrons. The molecule has 0 amide bonds. The Hall–Kier alpha value is -1.59. The lowest BCUT2D eigenvalue weighted by Crippen LogP contribution is -2.50. The van der Waals surface area contributed by atoms with Gasteiger partial charge >= 0.3 is 5.69 Å². The molecular weight excluding hydrogens is 291 g/mol. The normalized spacial score (nSPS) is 34.0. The van der Waals surface area contributed by atoms with Crippen molar-refractivity contribution >= 4 is 0 Å². The summed E-state index contributed by atoms with van der Waals surface area (Å²) in [5.74, 6) is -4.29. The molecule has 0 bridgehead atoms. The molecule has 2 rings (SSSR count). The van der Waals surface area contributed by atoms with Gasteiger partial charge in [-0.1, -0.05) is 0 Å². The Morgan fingerprint density at radius 2 is 2.10 bits per heavy atom. The Morgan fingerprint density at radius 3 is 2.57 bits per heavy atom. The zero-order valence-corrected chi connectivity index (χ0v) is 10.7. The Bertz CT molecular complexity index is 617. The standard InChI is InChI=1S/C11H15FN2O7/c12-1-5(4-2-13-10(19)14-9(4)18)11(20)8(17)7(16)6(3-15)21-11/h2,5-8,15-17,20H,1,3H2,(H2,13,14,18,19)/t5?,6-,7-,8+,11+/m1/s1. The molecule has 21 heavy (non-hydrogen) atoms. The van der Waals surface area contributed by atoms with E-state index < -0.39 is 54.5 Å². The molecule has 1 fully saturated rings. The lowest BCUT2D eigenvalue weighted by atomic mass is 9.88. The number of aliphatic hydroxyl groups is 4. The average molecular weight is 306 g/mol. The van der Waals surface area contributed by atoms with Crippen LogP contribution >= 0.6 is 0 Å². The first-order valence-corrected chi connectivity index (χ1v) is 6.10. The summed E-state index contributed by atoms with van der Waals surface area (Å²) in [6.07, 6.45) is -4.04. The van der Waals surface area contributed by atoms with Crippen LogP contribution in [0.4, 0.5) is 4.39 Å². The third kappa shape index (κ3) is 2.51. The van der Waals surface area contributed by atoms with Crippen LogP contribution in [-0.2, 0) is 4.74 Å². The minimum atomic E-state index is -2.62. The molecular formula is C11H15FN2O7. The van der Waals surface area contributed by atoms with Crippen LogP contribution in [0, 0.1) is 0 Å². The van der Waals surface area contributed by atoms with Crippen molar-refractivity contribution in [3.63, 3.8) is 0 Å². The van der Waals surface area contributed by atoms with Crippen molar-refractivity contribution in [3.05, 3.63) is 32.6 Å². The van der Waals surface area contributed by atoms with E-state index in [0.717, 1.165) is 6.20 Å². The van der Waals surface area contributed by atoms with E-state index in [9.17, 15) is 29.3 Å². The molecule has 0 spiro atoms. The number of nitrogens with one attached hydrogen (secondary N) is 2. The molecule has 1 aromatic heterocycles. The molecule has 1 aliphatic rings. The van der Waals surface area contributed by atoms with Gasteiger partial charge < -0.3 is 30.1 Å². The van der Waals surface area contributed by atoms with E-state index in [-0.39, 0.29) is 5.56 Å². The lowest BCUT2D eigenvalue weighted by Gasteiger charge is -2.32. The molecule has 0 aliphatic carbocycles. The summed E-state index contributed by atoms with van der Waals surface area (Å²) in [6, 6.07) is 0. The second-order valence-corrected chi connectivity index (χ2v) is 4.76. The number of hydrogen-bond donors (Lipinski definition) is 6. The Kier molecular flexibility index (Phi) is 4.25. The predicted octanol–water partition coefficient (Wildman–Crippen LogP) is -3.08. The fourth-order valence-electron chi connectivity index (χ4n) is 2.36. The van der Waals surface area contributed by atoms with Gasteiger partial charge in [0.1, 0.15) is 25.0 Å². The highest BCUT2D eigenvalue weighted by atomic mass is 19.1. The molecule has 118 valence electrons. The minimum absolute atomic E-state index is 0.371. The van der Waals surface area contributed by atoms with Gasteiger partial charge in [-0.15, -0.1) is 0 Å². The van der Waals surface area contributed by atoms with Gasteiger partial charge in [0.2, 0.25) is 5.79 Å². The molecule has 0 aromatic carbocycles. The van der Waals surface area contributed by atoms with Crippen LogP contribution in [0.3, 0.4) is 0 Å². The molecule has 0 saturated carbocycles. The largest absolute Gasteiger partial charge is 0.394 e. The number of rotatable bonds is 4. The Labute approximate surface area is 116 Å². The van der Waals surface area contributed by atoms with E-state index in [1.165, 1.54) is 0 Å². The zero-order chi connectivity index (χ0) is 15.8. The van der Waals surface area contributed by atoms with E-state index in [1.807, 2.05) is 4.98 Å². The molecule has 1 unspecified atom stereocenters. The maximum absolute atomic E-state index is 13.3. The van der Waals surface area contributed by atoms with E-state index in [4.69, 9.17) is 9.84 Å². The molecule has 1 saturated heterocycles. The van der Waals surface area contributed by atoms with Crippen molar-refractivity contribution in [2.75, 3.05) is 13.3 Å². The quantitative estimate of drug-likeness (QED) is 0.344. The van der Waals surface area contributed by atoms with Crippen molar-refractivity contribution in [2.45, 2.75) is 30.0 Å². The van der Waals surface area contributed by atoms with Crippen LogP contribution in [-0.4, -0.2) is 67.8 Å². The van der Waals surface area contributed by atoms with Crippen molar-refractivity contribution in [1.29, 1.82) is 0 Å². The average Bonchev–Trinajstić information content (AvgIpc) is 2.67. The maximum atomic E-state index is 13.3. The highest BCUT2D eigenvalue weighted by Gasteiger charge is 2.58. The van der Waals surface area contributed by atoms with Gasteiger partial charge in [0.05, 0.1) is 12.5 Å².